The van der Waals surface area contributed by atoms with Crippen LogP contribution in [0.2, 0.25) is 0 Å². The van der Waals surface area contributed by atoms with E-state index in [4.69, 9.17) is 9.47 Å². The molecule has 0 aromatic heterocycles. The van der Waals surface area contributed by atoms with Gasteiger partial charge in [-0.05, 0) is 42.4 Å². The molecule has 0 aliphatic carbocycles. The summed E-state index contributed by atoms with van der Waals surface area (Å²) >= 11 is 0. The molecule has 0 saturated carbocycles. The van der Waals surface area contributed by atoms with Gasteiger partial charge in [-0.3, -0.25) is 9.69 Å². The fraction of sp³-hybridized carbons (Fsp3) is 0.381. The highest BCUT2D eigenvalue weighted by molar-refractivity contribution is 5.97. The van der Waals surface area contributed by atoms with E-state index in [-0.39, 0.29) is 5.91 Å². The molecule has 0 bridgehead atoms. The molecule has 5 heteroatoms. The zero-order valence-electron chi connectivity index (χ0n) is 16.0. The molecule has 2 rings (SSSR count). The fourth-order valence-electron chi connectivity index (χ4n) is 2.83. The number of nitrogens with one attached hydrogen (secondary N) is 1. The SMILES string of the molecule is CCN(CC)Cc1ccccc1CNC(=O)c1cc(OC)ccc1OC. The molecule has 0 spiro atoms. The predicted molar refractivity (Wildman–Crippen MR) is 104 cm³/mol. The van der Waals surface area contributed by atoms with Gasteiger partial charge in [-0.25, -0.2) is 0 Å². The Bertz CT molecular complexity index is 727. The van der Waals surface area contributed by atoms with Crippen LogP contribution in [0.5, 0.6) is 11.5 Å². The van der Waals surface area contributed by atoms with Crippen molar-refractivity contribution >= 4 is 5.91 Å². The van der Waals surface area contributed by atoms with E-state index < -0.39 is 0 Å². The summed E-state index contributed by atoms with van der Waals surface area (Å²) in [7, 11) is 3.13. The Morgan fingerprint density at radius 2 is 1.69 bits per heavy atom. The molecule has 2 aromatic rings. The van der Waals surface area contributed by atoms with Crippen LogP contribution in [0, 0.1) is 0 Å². The average molecular weight is 356 g/mol. The minimum Gasteiger partial charge on any atom is -0.497 e. The second kappa shape index (κ2) is 9.82. The Labute approximate surface area is 155 Å². The van der Waals surface area contributed by atoms with Gasteiger partial charge in [0.05, 0.1) is 19.8 Å². The molecule has 1 N–H and O–H groups in total. The highest BCUT2D eigenvalue weighted by atomic mass is 16.5. The van der Waals surface area contributed by atoms with Gasteiger partial charge in [0.1, 0.15) is 11.5 Å². The molecule has 0 heterocycles. The van der Waals surface area contributed by atoms with Crippen molar-refractivity contribution in [2.24, 2.45) is 0 Å². The largest absolute Gasteiger partial charge is 0.497 e. The van der Waals surface area contributed by atoms with Crippen LogP contribution in [0.4, 0.5) is 0 Å². The van der Waals surface area contributed by atoms with Gasteiger partial charge in [0.2, 0.25) is 0 Å². The van der Waals surface area contributed by atoms with Crippen LogP contribution in [0.1, 0.15) is 35.3 Å². The molecule has 26 heavy (non-hydrogen) atoms. The van der Waals surface area contributed by atoms with E-state index in [0.717, 1.165) is 25.2 Å². The Morgan fingerprint density at radius 3 is 2.31 bits per heavy atom. The lowest BCUT2D eigenvalue weighted by atomic mass is 10.1. The molecule has 0 aliphatic rings. The Hall–Kier alpha value is -2.53. The normalized spacial score (nSPS) is 10.7. The monoisotopic (exact) mass is 356 g/mol. The lowest BCUT2D eigenvalue weighted by molar-refractivity contribution is 0.0947. The predicted octanol–water partition coefficient (Wildman–Crippen LogP) is 3.48. The second-order valence-corrected chi connectivity index (χ2v) is 5.98. The summed E-state index contributed by atoms with van der Waals surface area (Å²) in [6, 6.07) is 13.4. The molecule has 0 atom stereocenters. The zero-order chi connectivity index (χ0) is 18.9. The summed E-state index contributed by atoms with van der Waals surface area (Å²) < 4.78 is 10.5. The first-order valence-corrected chi connectivity index (χ1v) is 8.92. The smallest absolute Gasteiger partial charge is 0.255 e. The number of carbonyl (C=O) groups is 1. The van der Waals surface area contributed by atoms with Gasteiger partial charge in [-0.2, -0.15) is 0 Å². The second-order valence-electron chi connectivity index (χ2n) is 5.98. The number of hydrogen-bond acceptors (Lipinski definition) is 4. The van der Waals surface area contributed by atoms with Crippen LogP contribution in [-0.2, 0) is 13.1 Å². The molecule has 140 valence electrons. The van der Waals surface area contributed by atoms with Gasteiger partial charge in [-0.1, -0.05) is 38.1 Å². The summed E-state index contributed by atoms with van der Waals surface area (Å²) in [6.45, 7) is 7.65. The lowest BCUT2D eigenvalue weighted by Gasteiger charge is -2.20. The summed E-state index contributed by atoms with van der Waals surface area (Å²) in [5.41, 5.74) is 2.82. The molecule has 0 saturated heterocycles. The number of rotatable bonds is 9. The van der Waals surface area contributed by atoms with Crippen molar-refractivity contribution in [3.8, 4) is 11.5 Å². The van der Waals surface area contributed by atoms with Crippen LogP contribution < -0.4 is 14.8 Å². The molecule has 0 aliphatic heterocycles. The summed E-state index contributed by atoms with van der Waals surface area (Å²) in [4.78, 5) is 15.0. The van der Waals surface area contributed by atoms with Crippen LogP contribution in [-0.4, -0.2) is 38.1 Å². The first kappa shape index (κ1) is 19.8. The van der Waals surface area contributed by atoms with Gasteiger partial charge < -0.3 is 14.8 Å². The minimum absolute atomic E-state index is 0.182. The molecule has 0 unspecified atom stereocenters. The number of benzene rings is 2. The molecular weight excluding hydrogens is 328 g/mol. The van der Waals surface area contributed by atoms with Crippen molar-refractivity contribution in [1.82, 2.24) is 10.2 Å². The number of ether oxygens (including phenoxy) is 2. The van der Waals surface area contributed by atoms with Gasteiger partial charge in [0, 0.05) is 13.1 Å². The summed E-state index contributed by atoms with van der Waals surface area (Å²) in [5, 5.41) is 3.00. The topological polar surface area (TPSA) is 50.8 Å². The number of methoxy groups -OCH3 is 2. The standard InChI is InChI=1S/C21H28N2O3/c1-5-23(6-2)15-17-10-8-7-9-16(17)14-22-21(24)19-13-18(25-3)11-12-20(19)26-4/h7-13H,5-6,14-15H2,1-4H3,(H,22,24). The van der Waals surface area contributed by atoms with Crippen LogP contribution in [0.25, 0.3) is 0 Å². The van der Waals surface area contributed by atoms with E-state index in [1.165, 1.54) is 5.56 Å². The lowest BCUT2D eigenvalue weighted by Crippen LogP contribution is -2.26. The summed E-state index contributed by atoms with van der Waals surface area (Å²) in [5.74, 6) is 0.969. The van der Waals surface area contributed by atoms with Crippen LogP contribution >= 0.6 is 0 Å². The summed E-state index contributed by atoms with van der Waals surface area (Å²) in [6.07, 6.45) is 0. The maximum atomic E-state index is 12.7. The number of nitrogens with zero attached hydrogens (tertiary/aromatic N) is 1. The quantitative estimate of drug-likeness (QED) is 0.747. The minimum atomic E-state index is -0.182. The van der Waals surface area contributed by atoms with E-state index in [2.05, 4.69) is 36.2 Å². The van der Waals surface area contributed by atoms with Crippen molar-refractivity contribution in [1.29, 1.82) is 0 Å². The van der Waals surface area contributed by atoms with Crippen molar-refractivity contribution < 1.29 is 14.3 Å². The number of hydrogen-bond donors (Lipinski definition) is 1. The third-order valence-corrected chi connectivity index (χ3v) is 4.50. The number of carbonyl (C=O) groups excluding carboxylic acids is 1. The maximum absolute atomic E-state index is 12.7. The van der Waals surface area contributed by atoms with E-state index in [1.54, 1.807) is 32.4 Å². The Kier molecular flexibility index (Phi) is 7.48. The van der Waals surface area contributed by atoms with E-state index in [1.807, 2.05) is 12.1 Å². The molecule has 2 aromatic carbocycles. The van der Waals surface area contributed by atoms with Crippen molar-refractivity contribution in [2.75, 3.05) is 27.3 Å². The van der Waals surface area contributed by atoms with E-state index in [0.29, 0.717) is 23.6 Å². The van der Waals surface area contributed by atoms with Crippen molar-refractivity contribution in [2.45, 2.75) is 26.9 Å². The van der Waals surface area contributed by atoms with Crippen molar-refractivity contribution in [3.63, 3.8) is 0 Å². The molecular formula is C21H28N2O3. The number of amides is 1. The van der Waals surface area contributed by atoms with Gasteiger partial charge in [-0.15, -0.1) is 0 Å². The van der Waals surface area contributed by atoms with Crippen LogP contribution in [0.15, 0.2) is 42.5 Å². The molecule has 5 nitrogen and oxygen atoms in total. The van der Waals surface area contributed by atoms with E-state index in [9.17, 15) is 4.79 Å². The Morgan fingerprint density at radius 1 is 1.00 bits per heavy atom. The van der Waals surface area contributed by atoms with Gasteiger partial charge in [0.15, 0.2) is 0 Å². The third kappa shape index (κ3) is 4.99. The van der Waals surface area contributed by atoms with Gasteiger partial charge >= 0.3 is 0 Å². The fourth-order valence-corrected chi connectivity index (χ4v) is 2.83. The maximum Gasteiger partial charge on any atom is 0.255 e. The highest BCUT2D eigenvalue weighted by Crippen LogP contribution is 2.24. The van der Waals surface area contributed by atoms with E-state index >= 15 is 0 Å². The molecule has 1 amide bonds. The van der Waals surface area contributed by atoms with Gasteiger partial charge in [0.25, 0.3) is 5.91 Å². The average Bonchev–Trinajstić information content (AvgIpc) is 2.70. The molecule has 0 radical (unpaired) electrons. The third-order valence-electron chi connectivity index (χ3n) is 4.50. The zero-order valence-corrected chi connectivity index (χ0v) is 16.0. The molecule has 0 fully saturated rings. The van der Waals surface area contributed by atoms with Crippen LogP contribution in [0.3, 0.4) is 0 Å². The highest BCUT2D eigenvalue weighted by Gasteiger charge is 2.14. The first-order chi connectivity index (χ1) is 12.6. The first-order valence-electron chi connectivity index (χ1n) is 8.92. The van der Waals surface area contributed by atoms with Crippen molar-refractivity contribution in [3.05, 3.63) is 59.2 Å². The Balaban J connectivity index is 2.13.